The van der Waals surface area contributed by atoms with Gasteiger partial charge in [0, 0.05) is 5.92 Å². The standard InChI is InChI=1S/C14H25NO6/c1-8-19-11(17)14(7,10(16)9(2)3)21-15-12(18)20-13(4,5)6/h9H,8H2,1-7H3,(H,15,18). The van der Waals surface area contributed by atoms with E-state index in [0.717, 1.165) is 0 Å². The van der Waals surface area contributed by atoms with E-state index in [-0.39, 0.29) is 6.61 Å². The maximum absolute atomic E-state index is 12.2. The van der Waals surface area contributed by atoms with E-state index in [0.29, 0.717) is 0 Å². The van der Waals surface area contributed by atoms with Gasteiger partial charge in [-0.15, -0.1) is 0 Å². The summed E-state index contributed by atoms with van der Waals surface area (Å²) in [6.45, 7) is 11.2. The normalized spacial score (nSPS) is 14.3. The quantitative estimate of drug-likeness (QED) is 0.458. The highest BCUT2D eigenvalue weighted by atomic mass is 16.7. The Labute approximate surface area is 125 Å². The third-order valence-corrected chi connectivity index (χ3v) is 2.40. The molecule has 122 valence electrons. The number of hydrogen-bond acceptors (Lipinski definition) is 6. The Bertz CT molecular complexity index is 399. The Kier molecular flexibility index (Phi) is 6.82. The molecule has 0 fully saturated rings. The van der Waals surface area contributed by atoms with Crippen LogP contribution in [0.25, 0.3) is 0 Å². The van der Waals surface area contributed by atoms with E-state index in [1.54, 1.807) is 41.5 Å². The first-order valence-electron chi connectivity index (χ1n) is 6.82. The first-order valence-corrected chi connectivity index (χ1v) is 6.82. The fourth-order valence-corrected chi connectivity index (χ4v) is 1.45. The minimum absolute atomic E-state index is 0.0929. The van der Waals surface area contributed by atoms with Crippen molar-refractivity contribution in [3.05, 3.63) is 0 Å². The van der Waals surface area contributed by atoms with Crippen molar-refractivity contribution in [2.75, 3.05) is 6.61 Å². The summed E-state index contributed by atoms with van der Waals surface area (Å²) in [7, 11) is 0. The Morgan fingerprint density at radius 3 is 2.00 bits per heavy atom. The summed E-state index contributed by atoms with van der Waals surface area (Å²) < 4.78 is 9.81. The van der Waals surface area contributed by atoms with Crippen molar-refractivity contribution in [3.63, 3.8) is 0 Å². The van der Waals surface area contributed by atoms with E-state index in [2.05, 4.69) is 0 Å². The van der Waals surface area contributed by atoms with Crippen LogP contribution in [-0.2, 0) is 23.9 Å². The second-order valence-corrected chi connectivity index (χ2v) is 5.98. The molecule has 7 nitrogen and oxygen atoms in total. The van der Waals surface area contributed by atoms with Crippen LogP contribution in [0.1, 0.15) is 48.5 Å². The summed E-state index contributed by atoms with van der Waals surface area (Å²) in [5.41, 5.74) is -0.670. The Morgan fingerprint density at radius 1 is 1.10 bits per heavy atom. The van der Waals surface area contributed by atoms with Crippen LogP contribution in [-0.4, -0.2) is 35.7 Å². The van der Waals surface area contributed by atoms with Gasteiger partial charge in [0.2, 0.25) is 5.60 Å². The number of nitrogens with one attached hydrogen (secondary N) is 1. The van der Waals surface area contributed by atoms with Gasteiger partial charge in [-0.1, -0.05) is 13.8 Å². The predicted octanol–water partition coefficient (Wildman–Crippen LogP) is 1.99. The van der Waals surface area contributed by atoms with Gasteiger partial charge in [0.25, 0.3) is 0 Å². The van der Waals surface area contributed by atoms with Crippen molar-refractivity contribution in [2.45, 2.75) is 59.7 Å². The molecule has 0 rings (SSSR count). The van der Waals surface area contributed by atoms with Gasteiger partial charge in [-0.05, 0) is 34.6 Å². The molecule has 1 atom stereocenters. The molecule has 0 bridgehead atoms. The number of hydrogen-bond donors (Lipinski definition) is 1. The van der Waals surface area contributed by atoms with Gasteiger partial charge in [-0.3, -0.25) is 4.79 Å². The second-order valence-electron chi connectivity index (χ2n) is 5.98. The summed E-state index contributed by atoms with van der Waals surface area (Å²) in [5, 5.41) is 0. The third-order valence-electron chi connectivity index (χ3n) is 2.40. The zero-order valence-corrected chi connectivity index (χ0v) is 13.7. The second kappa shape index (κ2) is 7.40. The van der Waals surface area contributed by atoms with Crippen LogP contribution in [0.3, 0.4) is 0 Å². The van der Waals surface area contributed by atoms with E-state index < -0.39 is 35.0 Å². The van der Waals surface area contributed by atoms with Gasteiger partial charge < -0.3 is 9.47 Å². The number of hydroxylamine groups is 1. The number of Topliss-reactive ketones (excluding diaryl/α,β-unsaturated/α-hetero) is 1. The molecular formula is C14H25NO6. The molecule has 0 aliphatic heterocycles. The van der Waals surface area contributed by atoms with E-state index in [4.69, 9.17) is 14.3 Å². The zero-order chi connectivity index (χ0) is 16.8. The number of carbonyl (C=O) groups is 3. The van der Waals surface area contributed by atoms with Crippen LogP contribution in [0.4, 0.5) is 4.79 Å². The minimum atomic E-state index is -1.92. The molecule has 1 N–H and O–H groups in total. The minimum Gasteiger partial charge on any atom is -0.463 e. The monoisotopic (exact) mass is 303 g/mol. The summed E-state index contributed by atoms with van der Waals surface area (Å²) >= 11 is 0. The summed E-state index contributed by atoms with van der Waals surface area (Å²) in [6.07, 6.45) is -0.894. The lowest BCUT2D eigenvalue weighted by Crippen LogP contribution is -2.53. The largest absolute Gasteiger partial charge is 0.463 e. The van der Waals surface area contributed by atoms with Crippen molar-refractivity contribution >= 4 is 17.8 Å². The first kappa shape index (κ1) is 19.4. The maximum atomic E-state index is 12.2. The lowest BCUT2D eigenvalue weighted by atomic mass is 9.92. The van der Waals surface area contributed by atoms with Gasteiger partial charge >= 0.3 is 12.1 Å². The van der Waals surface area contributed by atoms with Crippen LogP contribution < -0.4 is 5.48 Å². The first-order chi connectivity index (χ1) is 9.44. The fraction of sp³-hybridized carbons (Fsp3) is 0.786. The summed E-state index contributed by atoms with van der Waals surface area (Å²) in [6, 6.07) is 0. The molecule has 0 aromatic rings. The number of esters is 1. The number of rotatable bonds is 6. The number of ether oxygens (including phenoxy) is 2. The molecule has 0 aromatic carbocycles. The summed E-state index contributed by atoms with van der Waals surface area (Å²) in [4.78, 5) is 40.7. The molecule has 0 spiro atoms. The Morgan fingerprint density at radius 2 is 1.62 bits per heavy atom. The van der Waals surface area contributed by atoms with Crippen molar-refractivity contribution in [1.29, 1.82) is 0 Å². The molecule has 0 heterocycles. The fourth-order valence-electron chi connectivity index (χ4n) is 1.45. The van der Waals surface area contributed by atoms with Crippen LogP contribution >= 0.6 is 0 Å². The lowest BCUT2D eigenvalue weighted by Gasteiger charge is -2.27. The van der Waals surface area contributed by atoms with Crippen molar-refractivity contribution < 1.29 is 28.7 Å². The van der Waals surface area contributed by atoms with Crippen LogP contribution in [0.5, 0.6) is 0 Å². The zero-order valence-electron chi connectivity index (χ0n) is 13.7. The molecule has 1 amide bonds. The highest BCUT2D eigenvalue weighted by Crippen LogP contribution is 2.18. The molecular weight excluding hydrogens is 278 g/mol. The van der Waals surface area contributed by atoms with Gasteiger partial charge in [-0.2, -0.15) is 5.48 Å². The molecule has 0 aromatic heterocycles. The predicted molar refractivity (Wildman–Crippen MR) is 75.3 cm³/mol. The highest BCUT2D eigenvalue weighted by Gasteiger charge is 2.46. The van der Waals surface area contributed by atoms with E-state index in [1.807, 2.05) is 5.48 Å². The third kappa shape index (κ3) is 6.12. The smallest absolute Gasteiger partial charge is 0.431 e. The molecule has 0 radical (unpaired) electrons. The number of amides is 1. The van der Waals surface area contributed by atoms with E-state index in [1.165, 1.54) is 6.92 Å². The molecule has 21 heavy (non-hydrogen) atoms. The summed E-state index contributed by atoms with van der Waals surface area (Å²) in [5.74, 6) is -1.84. The molecule has 0 saturated heterocycles. The van der Waals surface area contributed by atoms with Crippen molar-refractivity contribution in [1.82, 2.24) is 5.48 Å². The number of ketones is 1. The Hall–Kier alpha value is -1.63. The van der Waals surface area contributed by atoms with Gasteiger partial charge in [0.1, 0.15) is 5.60 Å². The van der Waals surface area contributed by atoms with E-state index >= 15 is 0 Å². The van der Waals surface area contributed by atoms with E-state index in [9.17, 15) is 14.4 Å². The SMILES string of the molecule is CCOC(=O)C(C)(ONC(=O)OC(C)(C)C)C(=O)C(C)C. The molecule has 0 saturated carbocycles. The highest BCUT2D eigenvalue weighted by molar-refractivity contribution is 6.07. The van der Waals surface area contributed by atoms with Gasteiger partial charge in [-0.25, -0.2) is 14.4 Å². The number of carbonyl (C=O) groups excluding carboxylic acids is 3. The molecule has 1 unspecified atom stereocenters. The van der Waals surface area contributed by atoms with Gasteiger partial charge in [0.15, 0.2) is 5.78 Å². The van der Waals surface area contributed by atoms with Crippen LogP contribution in [0.15, 0.2) is 0 Å². The Balaban J connectivity index is 4.97. The molecule has 0 aliphatic rings. The topological polar surface area (TPSA) is 90.9 Å². The van der Waals surface area contributed by atoms with Crippen LogP contribution in [0.2, 0.25) is 0 Å². The average molecular weight is 303 g/mol. The average Bonchev–Trinajstić information content (AvgIpc) is 2.33. The molecule has 7 heteroatoms. The maximum Gasteiger partial charge on any atom is 0.431 e. The van der Waals surface area contributed by atoms with Gasteiger partial charge in [0.05, 0.1) is 6.61 Å². The van der Waals surface area contributed by atoms with Crippen molar-refractivity contribution in [3.8, 4) is 0 Å². The van der Waals surface area contributed by atoms with Crippen LogP contribution in [0, 0.1) is 5.92 Å². The molecule has 0 aliphatic carbocycles. The lowest BCUT2D eigenvalue weighted by molar-refractivity contribution is -0.184. The van der Waals surface area contributed by atoms with Crippen molar-refractivity contribution in [2.24, 2.45) is 5.92 Å².